The third kappa shape index (κ3) is 5.29. The molecule has 1 spiro atoms. The maximum absolute atomic E-state index is 14.0. The summed E-state index contributed by atoms with van der Waals surface area (Å²) in [6.07, 6.45) is 8.61. The van der Waals surface area contributed by atoms with Gasteiger partial charge in [0, 0.05) is 12.1 Å². The van der Waals surface area contributed by atoms with Crippen molar-refractivity contribution >= 4 is 15.2 Å². The summed E-state index contributed by atoms with van der Waals surface area (Å²) in [5, 5.41) is 0. The fraction of sp³-hybridized carbons (Fsp3) is 1.00. The second-order valence-electron chi connectivity index (χ2n) is 7.53. The lowest BCUT2D eigenvalue weighted by Crippen LogP contribution is -2.57. The lowest BCUT2D eigenvalue weighted by atomic mass is 9.75. The standard InChI is InChI=1S/C19H39NO6P2/c1-5-23-27(21,24-6-2)18(28(22,25-7-3)26-8-4)20-17-13-12-16-19(20)14-10-9-11-15-19/h18H,5-17H2,1-4H3. The van der Waals surface area contributed by atoms with Crippen molar-refractivity contribution < 1.29 is 27.2 Å². The first-order chi connectivity index (χ1) is 13.4. The Morgan fingerprint density at radius 3 is 1.50 bits per heavy atom. The van der Waals surface area contributed by atoms with E-state index in [1.54, 1.807) is 27.7 Å². The van der Waals surface area contributed by atoms with E-state index in [-0.39, 0.29) is 32.0 Å². The number of hydrogen-bond donors (Lipinski definition) is 0. The van der Waals surface area contributed by atoms with Gasteiger partial charge in [0.25, 0.3) is 0 Å². The minimum atomic E-state index is -3.76. The van der Waals surface area contributed by atoms with Crippen LogP contribution in [0.1, 0.15) is 79.1 Å². The maximum Gasteiger partial charge on any atom is 0.360 e. The quantitative estimate of drug-likeness (QED) is 0.366. The Labute approximate surface area is 170 Å². The smallest absolute Gasteiger partial charge is 0.307 e. The number of likely N-dealkylation sites (tertiary alicyclic amines) is 1. The van der Waals surface area contributed by atoms with Gasteiger partial charge >= 0.3 is 15.2 Å². The highest BCUT2D eigenvalue weighted by Crippen LogP contribution is 2.73. The van der Waals surface area contributed by atoms with Gasteiger partial charge in [-0.15, -0.1) is 0 Å². The summed E-state index contributed by atoms with van der Waals surface area (Å²) in [6.45, 7) is 8.69. The van der Waals surface area contributed by atoms with E-state index in [0.717, 1.165) is 44.9 Å². The SMILES string of the molecule is CCOP(=O)(OCC)C(N1CCCCC12CCCCC2)P(=O)(OCC)OCC. The lowest BCUT2D eigenvalue weighted by Gasteiger charge is -2.53. The predicted octanol–water partition coefficient (Wildman–Crippen LogP) is 5.99. The predicted molar refractivity (Wildman–Crippen MR) is 112 cm³/mol. The van der Waals surface area contributed by atoms with Crippen LogP contribution in [0, 0.1) is 0 Å². The van der Waals surface area contributed by atoms with Crippen LogP contribution in [0.2, 0.25) is 0 Å². The number of piperidine rings is 1. The molecule has 1 saturated heterocycles. The molecule has 7 nitrogen and oxygen atoms in total. The van der Waals surface area contributed by atoms with E-state index >= 15 is 0 Å². The van der Waals surface area contributed by atoms with Gasteiger partial charge in [-0.2, -0.15) is 0 Å². The molecule has 1 aliphatic carbocycles. The van der Waals surface area contributed by atoms with Crippen LogP contribution in [-0.2, 0) is 27.2 Å². The summed E-state index contributed by atoms with van der Waals surface area (Å²) in [5.41, 5.74) is -1.15. The van der Waals surface area contributed by atoms with E-state index in [2.05, 4.69) is 4.90 Å². The highest BCUT2D eigenvalue weighted by atomic mass is 31.2. The van der Waals surface area contributed by atoms with Gasteiger partial charge in [-0.3, -0.25) is 14.0 Å². The van der Waals surface area contributed by atoms with Crippen molar-refractivity contribution in [2.75, 3.05) is 33.0 Å². The minimum Gasteiger partial charge on any atom is -0.307 e. The fourth-order valence-electron chi connectivity index (χ4n) is 4.80. The van der Waals surface area contributed by atoms with Gasteiger partial charge in [-0.05, 0) is 53.4 Å². The normalized spacial score (nSPS) is 21.5. The Hall–Kier alpha value is 0.260. The van der Waals surface area contributed by atoms with Crippen molar-refractivity contribution in [2.45, 2.75) is 90.1 Å². The molecule has 0 aromatic carbocycles. The second-order valence-corrected chi connectivity index (χ2v) is 12.1. The second kappa shape index (κ2) is 11.0. The summed E-state index contributed by atoms with van der Waals surface area (Å²) in [4.78, 5) is 2.16. The van der Waals surface area contributed by atoms with Crippen molar-refractivity contribution in [1.82, 2.24) is 4.90 Å². The zero-order chi connectivity index (χ0) is 20.7. The first kappa shape index (κ1) is 24.5. The van der Waals surface area contributed by atoms with E-state index in [1.165, 1.54) is 6.42 Å². The van der Waals surface area contributed by atoms with Crippen molar-refractivity contribution in [3.8, 4) is 0 Å². The van der Waals surface area contributed by atoms with Crippen LogP contribution in [0.15, 0.2) is 0 Å². The van der Waals surface area contributed by atoms with Crippen LogP contribution in [-0.4, -0.2) is 48.9 Å². The van der Waals surface area contributed by atoms with Gasteiger partial charge in [0.1, 0.15) is 0 Å². The third-order valence-electron chi connectivity index (χ3n) is 5.77. The Bertz CT molecular complexity index is 508. The monoisotopic (exact) mass is 439 g/mol. The molecule has 9 heteroatoms. The van der Waals surface area contributed by atoms with Gasteiger partial charge in [-0.1, -0.05) is 25.7 Å². The molecule has 2 rings (SSSR count). The average molecular weight is 439 g/mol. The van der Waals surface area contributed by atoms with E-state index in [0.29, 0.717) is 6.54 Å². The van der Waals surface area contributed by atoms with E-state index in [9.17, 15) is 9.13 Å². The molecule has 0 amide bonds. The van der Waals surface area contributed by atoms with Gasteiger partial charge in [-0.25, -0.2) is 0 Å². The van der Waals surface area contributed by atoms with Crippen molar-refractivity contribution in [1.29, 1.82) is 0 Å². The molecule has 2 aliphatic rings. The van der Waals surface area contributed by atoms with Gasteiger partial charge < -0.3 is 18.1 Å². The highest BCUT2D eigenvalue weighted by molar-refractivity contribution is 7.72. The molecule has 166 valence electrons. The molecule has 28 heavy (non-hydrogen) atoms. The molecular weight excluding hydrogens is 400 g/mol. The molecule has 0 unspecified atom stereocenters. The molecule has 1 aliphatic heterocycles. The Balaban J connectivity index is 2.57. The summed E-state index contributed by atoms with van der Waals surface area (Å²) >= 11 is 0. The van der Waals surface area contributed by atoms with Crippen LogP contribution >= 0.6 is 15.2 Å². The molecule has 0 aromatic heterocycles. The first-order valence-corrected chi connectivity index (χ1v) is 14.2. The Morgan fingerprint density at radius 1 is 0.714 bits per heavy atom. The van der Waals surface area contributed by atoms with Crippen molar-refractivity contribution in [3.63, 3.8) is 0 Å². The van der Waals surface area contributed by atoms with Crippen LogP contribution in [0.4, 0.5) is 0 Å². The lowest BCUT2D eigenvalue weighted by molar-refractivity contribution is 0.00379. The van der Waals surface area contributed by atoms with Gasteiger partial charge in [0.2, 0.25) is 5.52 Å². The molecule has 0 radical (unpaired) electrons. The van der Waals surface area contributed by atoms with Crippen LogP contribution in [0.3, 0.4) is 0 Å². The Morgan fingerprint density at radius 2 is 1.11 bits per heavy atom. The molecule has 2 fully saturated rings. The molecule has 0 atom stereocenters. The van der Waals surface area contributed by atoms with Crippen LogP contribution in [0.5, 0.6) is 0 Å². The van der Waals surface area contributed by atoms with Crippen molar-refractivity contribution in [3.05, 3.63) is 0 Å². The van der Waals surface area contributed by atoms with Gasteiger partial charge in [0.15, 0.2) is 0 Å². The fourth-order valence-corrected chi connectivity index (χ4v) is 10.5. The molecule has 1 saturated carbocycles. The van der Waals surface area contributed by atoms with E-state index < -0.39 is 20.7 Å². The van der Waals surface area contributed by atoms with Crippen LogP contribution < -0.4 is 0 Å². The molecule has 1 heterocycles. The third-order valence-corrected chi connectivity index (χ3v) is 11.6. The molecule has 0 bridgehead atoms. The largest absolute Gasteiger partial charge is 0.360 e. The number of nitrogens with zero attached hydrogens (tertiary/aromatic N) is 1. The van der Waals surface area contributed by atoms with Gasteiger partial charge in [0.05, 0.1) is 26.4 Å². The van der Waals surface area contributed by atoms with Crippen molar-refractivity contribution in [2.24, 2.45) is 0 Å². The Kier molecular flexibility index (Phi) is 9.67. The summed E-state index contributed by atoms with van der Waals surface area (Å²) < 4.78 is 50.9. The average Bonchev–Trinajstić information content (AvgIpc) is 2.65. The summed E-state index contributed by atoms with van der Waals surface area (Å²) in [6, 6.07) is 0. The van der Waals surface area contributed by atoms with E-state index in [4.69, 9.17) is 18.1 Å². The first-order valence-electron chi connectivity index (χ1n) is 11.0. The number of rotatable bonds is 11. The molecule has 0 aromatic rings. The minimum absolute atomic E-state index is 0.130. The van der Waals surface area contributed by atoms with Crippen LogP contribution in [0.25, 0.3) is 0 Å². The molecular formula is C19H39NO6P2. The summed E-state index contributed by atoms with van der Waals surface area (Å²) in [5.74, 6) is 0. The molecule has 0 N–H and O–H groups in total. The number of hydrogen-bond acceptors (Lipinski definition) is 7. The highest BCUT2D eigenvalue weighted by Gasteiger charge is 2.59. The van der Waals surface area contributed by atoms with E-state index in [1.807, 2.05) is 0 Å². The zero-order valence-electron chi connectivity index (χ0n) is 18.1. The topological polar surface area (TPSA) is 74.3 Å². The zero-order valence-corrected chi connectivity index (χ0v) is 19.8. The summed E-state index contributed by atoms with van der Waals surface area (Å²) in [7, 11) is -7.52. The maximum atomic E-state index is 14.0.